The number of nitrogens with zero attached hydrogens (tertiary/aromatic N) is 4. The van der Waals surface area contributed by atoms with Crippen LogP contribution in [0.5, 0.6) is 0 Å². The largest absolute Gasteiger partial charge is 0.342 e. The van der Waals surface area contributed by atoms with Crippen molar-refractivity contribution in [1.29, 1.82) is 0 Å². The number of likely N-dealkylation sites (tertiary alicyclic amines) is 1. The van der Waals surface area contributed by atoms with Crippen molar-refractivity contribution in [2.45, 2.75) is 46.0 Å². The first kappa shape index (κ1) is 20.2. The lowest BCUT2D eigenvalue weighted by Gasteiger charge is -2.36. The Hall–Kier alpha value is -1.14. The van der Waals surface area contributed by atoms with Gasteiger partial charge in [-0.25, -0.2) is 0 Å². The number of rotatable bonds is 8. The molecule has 2 heterocycles. The van der Waals surface area contributed by atoms with Crippen LogP contribution in [-0.4, -0.2) is 96.9 Å². The van der Waals surface area contributed by atoms with Crippen LogP contribution < -0.4 is 0 Å². The van der Waals surface area contributed by atoms with Crippen LogP contribution in [0.15, 0.2) is 0 Å². The Labute approximate surface area is 153 Å². The molecule has 2 fully saturated rings. The first-order chi connectivity index (χ1) is 12.1. The second-order valence-corrected chi connectivity index (χ2v) is 7.37. The maximum atomic E-state index is 12.5. The van der Waals surface area contributed by atoms with Gasteiger partial charge in [-0.1, -0.05) is 13.8 Å². The van der Waals surface area contributed by atoms with Crippen molar-refractivity contribution in [3.8, 4) is 0 Å². The van der Waals surface area contributed by atoms with Crippen LogP contribution in [0.2, 0.25) is 0 Å². The second kappa shape index (κ2) is 10.8. The minimum absolute atomic E-state index is 0.251. The van der Waals surface area contributed by atoms with Crippen LogP contribution in [0.25, 0.3) is 0 Å². The number of carbonyl (C=O) groups is 2. The Balaban J connectivity index is 1.69. The van der Waals surface area contributed by atoms with Gasteiger partial charge in [0.1, 0.15) is 0 Å². The number of hydrogen-bond acceptors (Lipinski definition) is 4. The molecule has 6 nitrogen and oxygen atoms in total. The Bertz CT molecular complexity index is 410. The quantitative estimate of drug-likeness (QED) is 0.660. The minimum atomic E-state index is 0.251. The van der Waals surface area contributed by atoms with Crippen molar-refractivity contribution in [2.24, 2.45) is 0 Å². The lowest BCUT2D eigenvalue weighted by molar-refractivity contribution is -0.135. The van der Waals surface area contributed by atoms with E-state index in [2.05, 4.69) is 23.6 Å². The van der Waals surface area contributed by atoms with E-state index in [9.17, 15) is 9.59 Å². The average Bonchev–Trinajstić information content (AvgIpc) is 2.64. The van der Waals surface area contributed by atoms with E-state index < -0.39 is 0 Å². The summed E-state index contributed by atoms with van der Waals surface area (Å²) in [6.07, 6.45) is 5.57. The summed E-state index contributed by atoms with van der Waals surface area (Å²) in [4.78, 5) is 33.3. The maximum absolute atomic E-state index is 12.5. The van der Waals surface area contributed by atoms with Crippen LogP contribution in [0, 0.1) is 0 Å². The smallest absolute Gasteiger partial charge is 0.236 e. The number of hydrogen-bond donors (Lipinski definition) is 0. The highest BCUT2D eigenvalue weighted by Crippen LogP contribution is 2.10. The van der Waals surface area contributed by atoms with E-state index in [0.29, 0.717) is 13.1 Å². The van der Waals surface area contributed by atoms with Gasteiger partial charge < -0.3 is 9.80 Å². The molecule has 0 unspecified atom stereocenters. The normalized spacial score (nSPS) is 19.8. The topological polar surface area (TPSA) is 47.1 Å². The van der Waals surface area contributed by atoms with E-state index in [1.807, 2.05) is 9.80 Å². The van der Waals surface area contributed by atoms with E-state index >= 15 is 0 Å². The molecule has 2 amide bonds. The first-order valence-electron chi connectivity index (χ1n) is 10.1. The summed E-state index contributed by atoms with van der Waals surface area (Å²) in [5.41, 5.74) is 0. The lowest BCUT2D eigenvalue weighted by Crippen LogP contribution is -2.52. The van der Waals surface area contributed by atoms with Gasteiger partial charge in [0.15, 0.2) is 0 Å². The fraction of sp³-hybridized carbons (Fsp3) is 0.895. The van der Waals surface area contributed by atoms with Crippen LogP contribution >= 0.6 is 0 Å². The van der Waals surface area contributed by atoms with Gasteiger partial charge >= 0.3 is 0 Å². The number of amides is 2. The molecule has 2 aliphatic rings. The molecule has 0 aromatic carbocycles. The third kappa shape index (κ3) is 6.59. The monoisotopic (exact) mass is 352 g/mol. The summed E-state index contributed by atoms with van der Waals surface area (Å²) < 4.78 is 0. The zero-order valence-electron chi connectivity index (χ0n) is 16.2. The van der Waals surface area contributed by atoms with Gasteiger partial charge in [-0.2, -0.15) is 0 Å². The molecule has 0 saturated carbocycles. The molecule has 2 aliphatic heterocycles. The van der Waals surface area contributed by atoms with Gasteiger partial charge in [0.25, 0.3) is 0 Å². The highest BCUT2D eigenvalue weighted by atomic mass is 16.2. The molecule has 0 bridgehead atoms. The van der Waals surface area contributed by atoms with E-state index in [1.54, 1.807) is 0 Å². The van der Waals surface area contributed by atoms with Crippen molar-refractivity contribution < 1.29 is 9.59 Å². The molecule has 25 heavy (non-hydrogen) atoms. The Morgan fingerprint density at radius 3 is 1.80 bits per heavy atom. The van der Waals surface area contributed by atoms with Gasteiger partial charge in [0.2, 0.25) is 11.8 Å². The summed E-state index contributed by atoms with van der Waals surface area (Å²) in [5.74, 6) is 0.530. The molecule has 0 N–H and O–H groups in total. The molecule has 144 valence electrons. The van der Waals surface area contributed by atoms with E-state index in [0.717, 1.165) is 78.0 Å². The summed E-state index contributed by atoms with van der Waals surface area (Å²) >= 11 is 0. The fourth-order valence-corrected chi connectivity index (χ4v) is 3.73. The molecule has 0 atom stereocenters. The number of piperidine rings is 1. The van der Waals surface area contributed by atoms with Crippen molar-refractivity contribution >= 4 is 11.8 Å². The predicted octanol–water partition coefficient (Wildman–Crippen LogP) is 1.27. The molecule has 2 saturated heterocycles. The van der Waals surface area contributed by atoms with Crippen LogP contribution in [0.4, 0.5) is 0 Å². The molecular weight excluding hydrogens is 316 g/mol. The number of carbonyl (C=O) groups excluding carboxylic acids is 2. The predicted molar refractivity (Wildman–Crippen MR) is 100 cm³/mol. The molecule has 0 aliphatic carbocycles. The zero-order chi connectivity index (χ0) is 18.1. The van der Waals surface area contributed by atoms with Crippen LogP contribution in [0.1, 0.15) is 46.0 Å². The Morgan fingerprint density at radius 1 is 0.760 bits per heavy atom. The van der Waals surface area contributed by atoms with Gasteiger partial charge in [0, 0.05) is 52.4 Å². The molecule has 6 heteroatoms. The SMILES string of the molecule is CCCN(CCC)C(=O)CN1CCN(CC(=O)N2CCCCC2)CC1. The van der Waals surface area contributed by atoms with Crippen molar-refractivity contribution in [2.75, 3.05) is 65.4 Å². The summed E-state index contributed by atoms with van der Waals surface area (Å²) in [7, 11) is 0. The van der Waals surface area contributed by atoms with Gasteiger partial charge in [-0.05, 0) is 32.1 Å². The van der Waals surface area contributed by atoms with Gasteiger partial charge in [0.05, 0.1) is 13.1 Å². The van der Waals surface area contributed by atoms with Crippen molar-refractivity contribution in [3.63, 3.8) is 0 Å². The summed E-state index contributed by atoms with van der Waals surface area (Å²) in [6.45, 7) is 12.4. The molecule has 0 radical (unpaired) electrons. The molecular formula is C19H36N4O2. The summed E-state index contributed by atoms with van der Waals surface area (Å²) in [5, 5.41) is 0. The van der Waals surface area contributed by atoms with E-state index in [-0.39, 0.29) is 11.8 Å². The molecule has 0 aromatic heterocycles. The average molecular weight is 353 g/mol. The van der Waals surface area contributed by atoms with E-state index in [1.165, 1.54) is 6.42 Å². The highest BCUT2D eigenvalue weighted by Gasteiger charge is 2.24. The Morgan fingerprint density at radius 2 is 1.28 bits per heavy atom. The van der Waals surface area contributed by atoms with Gasteiger partial charge in [-0.3, -0.25) is 19.4 Å². The lowest BCUT2D eigenvalue weighted by atomic mass is 10.1. The van der Waals surface area contributed by atoms with E-state index in [4.69, 9.17) is 0 Å². The maximum Gasteiger partial charge on any atom is 0.236 e. The standard InChI is InChI=1S/C19H36N4O2/c1-3-8-22(9-4-2)18(24)16-20-12-14-21(15-13-20)17-19(25)23-10-6-5-7-11-23/h3-17H2,1-2H3. The fourth-order valence-electron chi connectivity index (χ4n) is 3.73. The third-order valence-electron chi connectivity index (χ3n) is 5.23. The molecule has 0 aromatic rings. The zero-order valence-corrected chi connectivity index (χ0v) is 16.2. The van der Waals surface area contributed by atoms with Gasteiger partial charge in [-0.15, -0.1) is 0 Å². The van der Waals surface area contributed by atoms with Crippen LogP contribution in [0.3, 0.4) is 0 Å². The summed E-state index contributed by atoms with van der Waals surface area (Å²) in [6, 6.07) is 0. The first-order valence-corrected chi connectivity index (χ1v) is 10.1. The molecule has 0 spiro atoms. The van der Waals surface area contributed by atoms with Crippen molar-refractivity contribution in [3.05, 3.63) is 0 Å². The van der Waals surface area contributed by atoms with Crippen molar-refractivity contribution in [1.82, 2.24) is 19.6 Å². The Kier molecular flexibility index (Phi) is 8.68. The molecule has 2 rings (SSSR count). The highest BCUT2D eigenvalue weighted by molar-refractivity contribution is 5.79. The second-order valence-electron chi connectivity index (χ2n) is 7.37. The number of piperazine rings is 1. The van der Waals surface area contributed by atoms with Crippen LogP contribution in [-0.2, 0) is 9.59 Å². The minimum Gasteiger partial charge on any atom is -0.342 e. The third-order valence-corrected chi connectivity index (χ3v) is 5.23.